The van der Waals surface area contributed by atoms with Gasteiger partial charge in [-0.25, -0.2) is 24.9 Å². The third-order valence-electron chi connectivity index (χ3n) is 1.87. The fraction of sp³-hybridized carbons (Fsp3) is 0.182. The van der Waals surface area contributed by atoms with Crippen LogP contribution in [0.5, 0.6) is 0 Å². The molecule has 0 saturated heterocycles. The van der Waals surface area contributed by atoms with Gasteiger partial charge in [0.1, 0.15) is 0 Å². The summed E-state index contributed by atoms with van der Waals surface area (Å²) in [5, 5.41) is 8.05. The number of hydrogen-bond acceptors (Lipinski definition) is 6. The second-order valence-electron chi connectivity index (χ2n) is 3.11. The zero-order chi connectivity index (χ0) is 16.4. The van der Waals surface area contributed by atoms with Crippen LogP contribution in [0.25, 0.3) is 0 Å². The third-order valence-corrected chi connectivity index (χ3v) is 2.05. The Morgan fingerprint density at radius 2 is 1.95 bits per heavy atom. The second-order valence-corrected chi connectivity index (χ2v) is 5.59. The Labute approximate surface area is 139 Å². The van der Waals surface area contributed by atoms with Crippen molar-refractivity contribution in [3.63, 3.8) is 0 Å². The highest BCUT2D eigenvalue weighted by molar-refractivity contribution is 7.22. The smallest absolute Gasteiger partial charge is 0.495 e. The number of esters is 1. The van der Waals surface area contributed by atoms with Crippen LogP contribution < -0.4 is 0 Å². The second kappa shape index (κ2) is 10.7. The van der Waals surface area contributed by atoms with Crippen LogP contribution in [0.4, 0.5) is 0 Å². The number of aliphatic hydroxyl groups is 1. The summed E-state index contributed by atoms with van der Waals surface area (Å²) in [6, 6.07) is 2.68. The van der Waals surface area contributed by atoms with Crippen LogP contribution in [0.2, 0.25) is 0 Å². The van der Waals surface area contributed by atoms with Crippen molar-refractivity contribution in [1.82, 2.24) is 0 Å². The van der Waals surface area contributed by atoms with E-state index in [2.05, 4.69) is 4.74 Å². The monoisotopic (exact) mass is 369 g/mol. The van der Waals surface area contributed by atoms with E-state index in [4.69, 9.17) is 36.1 Å². The molecule has 113 valence electrons. The standard InChI is InChI=1S/C11H9ClO6.Al.2ClH/c1-2-17-11(16)7(9(14)10(12)15)8(13)6-4-3-5-18-6;;;/h3-5,14H,2H2,1H3;;2*1H/q;+2;;/p-2/b9-7+;;;. The first-order chi connectivity index (χ1) is 9.90. The number of ketones is 1. The van der Waals surface area contributed by atoms with Crippen LogP contribution in [-0.4, -0.2) is 42.1 Å². The van der Waals surface area contributed by atoms with Crippen LogP contribution in [0.15, 0.2) is 34.1 Å². The number of Topliss-reactive ketones (excluding diaryl/α,β-unsaturated/α-hetero) is 1. The molecule has 0 fully saturated rings. The maximum atomic E-state index is 11.8. The lowest BCUT2D eigenvalue weighted by Crippen LogP contribution is -2.20. The van der Waals surface area contributed by atoms with E-state index < -0.39 is 28.3 Å². The molecule has 0 aliphatic rings. The summed E-state index contributed by atoms with van der Waals surface area (Å²) in [6.45, 7) is 1.48. The molecule has 10 heteroatoms. The molecular weight excluding hydrogens is 361 g/mol. The van der Waals surface area contributed by atoms with Crippen molar-refractivity contribution in [2.24, 2.45) is 0 Å². The average Bonchev–Trinajstić information content (AvgIpc) is 2.93. The van der Waals surface area contributed by atoms with Gasteiger partial charge in [0, 0.05) is 0 Å². The minimum absolute atomic E-state index is 0.0302. The van der Waals surface area contributed by atoms with Crippen LogP contribution >= 0.6 is 31.7 Å². The van der Waals surface area contributed by atoms with Gasteiger partial charge >= 0.3 is 19.3 Å². The van der Waals surface area contributed by atoms with Crippen molar-refractivity contribution in [1.29, 1.82) is 0 Å². The number of furan rings is 1. The zero-order valence-electron chi connectivity index (χ0n) is 10.6. The quantitative estimate of drug-likeness (QED) is 0.125. The number of aliphatic hydroxyl groups excluding tert-OH is 1. The fourth-order valence-electron chi connectivity index (χ4n) is 1.13. The molecule has 1 radical (unpaired) electrons. The van der Waals surface area contributed by atoms with Gasteiger partial charge in [0.05, 0.1) is 12.9 Å². The summed E-state index contributed by atoms with van der Waals surface area (Å²) in [7, 11) is 9.69. The third kappa shape index (κ3) is 6.55. The predicted molar refractivity (Wildman–Crippen MR) is 77.6 cm³/mol. The largest absolute Gasteiger partial charge is 0.503 e. The van der Waals surface area contributed by atoms with Crippen LogP contribution in [0, 0.1) is 0 Å². The summed E-state index contributed by atoms with van der Waals surface area (Å²) in [6.07, 6.45) is 1.20. The number of ether oxygens (including phenoxy) is 1. The van der Waals surface area contributed by atoms with Crippen LogP contribution in [0.3, 0.4) is 0 Å². The molecule has 0 unspecified atom stereocenters. The highest BCUT2D eigenvalue weighted by Gasteiger charge is 2.30. The summed E-state index contributed by atoms with van der Waals surface area (Å²) in [4.78, 5) is 34.2. The normalized spacial score (nSPS) is 10.7. The first-order valence-corrected chi connectivity index (χ1v) is 9.18. The molecule has 1 N–H and O–H groups in total. The lowest BCUT2D eigenvalue weighted by atomic mass is 10.1. The van der Waals surface area contributed by atoms with Gasteiger partial charge in [-0.1, -0.05) is 0 Å². The number of allylic oxidation sites excluding steroid dienone is 1. The Morgan fingerprint density at radius 3 is 2.33 bits per heavy atom. The lowest BCUT2D eigenvalue weighted by molar-refractivity contribution is -0.138. The molecule has 0 bridgehead atoms. The van der Waals surface area contributed by atoms with E-state index in [-0.39, 0.29) is 25.7 Å². The molecule has 0 aliphatic heterocycles. The van der Waals surface area contributed by atoms with Gasteiger partial charge in [0.15, 0.2) is 17.1 Å². The Morgan fingerprint density at radius 1 is 1.38 bits per heavy atom. The van der Waals surface area contributed by atoms with Crippen molar-refractivity contribution < 1.29 is 28.6 Å². The molecule has 0 aliphatic carbocycles. The van der Waals surface area contributed by atoms with Gasteiger partial charge in [-0.2, -0.15) is 0 Å². The molecule has 1 rings (SSSR count). The Kier molecular flexibility index (Phi) is 10.2. The van der Waals surface area contributed by atoms with Crippen LogP contribution in [-0.2, 0) is 14.3 Å². The maximum Gasteiger partial charge on any atom is 0.495 e. The SMILES string of the molecule is CCOC(=O)/C(C(=O)c1ccco1)=C(/O)C(=O)Cl.[Cl][Al][Cl]. The van der Waals surface area contributed by atoms with Gasteiger partial charge in [0.2, 0.25) is 5.78 Å². The van der Waals surface area contributed by atoms with E-state index >= 15 is 0 Å². The highest BCUT2D eigenvalue weighted by Crippen LogP contribution is 2.15. The van der Waals surface area contributed by atoms with Gasteiger partial charge in [-0.15, -0.1) is 0 Å². The molecule has 6 nitrogen and oxygen atoms in total. The summed E-state index contributed by atoms with van der Waals surface area (Å²) >= 11 is 4.73. The molecule has 21 heavy (non-hydrogen) atoms. The van der Waals surface area contributed by atoms with E-state index in [1.165, 1.54) is 25.3 Å². The van der Waals surface area contributed by atoms with E-state index in [0.29, 0.717) is 0 Å². The first kappa shape index (κ1) is 20.0. The average molecular weight is 371 g/mol. The van der Waals surface area contributed by atoms with Gasteiger partial charge < -0.3 is 14.3 Å². The molecule has 1 aromatic heterocycles. The first-order valence-electron chi connectivity index (χ1n) is 5.31. The molecule has 0 spiro atoms. The molecule has 0 saturated carbocycles. The summed E-state index contributed by atoms with van der Waals surface area (Å²) < 4.78 is 9.34. The highest BCUT2D eigenvalue weighted by atomic mass is 35.7. The minimum Gasteiger partial charge on any atom is -0.503 e. The molecule has 0 amide bonds. The minimum atomic E-state index is -1.34. The zero-order valence-corrected chi connectivity index (χ0v) is 14.1. The fourth-order valence-corrected chi connectivity index (χ4v) is 1.22. The van der Waals surface area contributed by atoms with Crippen molar-refractivity contribution in [3.05, 3.63) is 35.5 Å². The molecule has 1 aromatic rings. The number of carbonyl (C=O) groups excluding carboxylic acids is 3. The molecule has 0 aromatic carbocycles. The van der Waals surface area contributed by atoms with E-state index in [9.17, 15) is 19.5 Å². The van der Waals surface area contributed by atoms with Crippen LogP contribution in [0.1, 0.15) is 17.5 Å². The lowest BCUT2D eigenvalue weighted by Gasteiger charge is -2.05. The van der Waals surface area contributed by atoms with Gasteiger partial charge in [0.25, 0.3) is 5.24 Å². The van der Waals surface area contributed by atoms with Gasteiger partial charge in [-0.05, 0) is 30.7 Å². The van der Waals surface area contributed by atoms with Crippen molar-refractivity contribution in [3.8, 4) is 0 Å². The van der Waals surface area contributed by atoms with Gasteiger partial charge in [-0.3, -0.25) is 9.59 Å². The Bertz CT molecular complexity index is 526. The van der Waals surface area contributed by atoms with E-state index in [0.717, 1.165) is 0 Å². The molecule has 1 heterocycles. The topological polar surface area (TPSA) is 93.8 Å². The van der Waals surface area contributed by atoms with Crippen molar-refractivity contribution >= 4 is 62.1 Å². The number of rotatable bonds is 5. The Balaban J connectivity index is 0.00000122. The van der Waals surface area contributed by atoms with Crippen molar-refractivity contribution in [2.45, 2.75) is 6.92 Å². The van der Waals surface area contributed by atoms with E-state index in [1.54, 1.807) is 0 Å². The summed E-state index contributed by atoms with van der Waals surface area (Å²) in [5.74, 6) is -3.52. The Hall–Kier alpha value is -0.968. The van der Waals surface area contributed by atoms with E-state index in [1.807, 2.05) is 0 Å². The number of hydrogen-bond donors (Lipinski definition) is 1. The predicted octanol–water partition coefficient (Wildman–Crippen LogP) is 2.60. The number of carbonyl (C=O) groups is 3. The van der Waals surface area contributed by atoms with Crippen molar-refractivity contribution in [2.75, 3.05) is 6.61 Å². The molecular formula is C11H9AlCl3O6. The molecule has 0 atom stereocenters. The number of halogens is 3. The summed E-state index contributed by atoms with van der Waals surface area (Å²) in [5.41, 5.74) is -0.855. The maximum absolute atomic E-state index is 11.8.